The van der Waals surface area contributed by atoms with E-state index in [9.17, 15) is 8.42 Å². The largest absolute Gasteiger partial charge is 0.497 e. The Balaban J connectivity index is 1.54. The van der Waals surface area contributed by atoms with Crippen molar-refractivity contribution in [2.24, 2.45) is 0 Å². The molecule has 3 aromatic carbocycles. The molecule has 0 aliphatic carbocycles. The second-order valence-corrected chi connectivity index (χ2v) is 8.76. The van der Waals surface area contributed by atoms with Gasteiger partial charge in [-0.2, -0.15) is 0 Å². The summed E-state index contributed by atoms with van der Waals surface area (Å²) >= 11 is 0. The molecule has 3 aromatic rings. The van der Waals surface area contributed by atoms with Crippen LogP contribution in [0.3, 0.4) is 0 Å². The zero-order chi connectivity index (χ0) is 19.6. The van der Waals surface area contributed by atoms with E-state index in [1.807, 2.05) is 42.5 Å². The molecule has 1 saturated heterocycles. The summed E-state index contributed by atoms with van der Waals surface area (Å²) in [7, 11) is -2.04. The first-order chi connectivity index (χ1) is 13.5. The van der Waals surface area contributed by atoms with Gasteiger partial charge in [0.05, 0.1) is 12.0 Å². The third kappa shape index (κ3) is 3.92. The molecule has 146 valence electrons. The Morgan fingerprint density at radius 2 is 1.54 bits per heavy atom. The third-order valence-electron chi connectivity index (χ3n) is 5.17. The minimum absolute atomic E-state index is 0.241. The Morgan fingerprint density at radius 1 is 0.857 bits per heavy atom. The predicted molar refractivity (Wildman–Crippen MR) is 114 cm³/mol. The number of nitrogens with zero attached hydrogens (tertiary/aromatic N) is 1. The summed E-state index contributed by atoms with van der Waals surface area (Å²) in [5.41, 5.74) is 1.71. The Kier molecular flexibility index (Phi) is 5.13. The van der Waals surface area contributed by atoms with Crippen LogP contribution in [0.4, 0.5) is 11.4 Å². The summed E-state index contributed by atoms with van der Waals surface area (Å²) in [5, 5.41) is 1.79. The number of nitrogens with one attached hydrogen (secondary N) is 1. The molecule has 0 spiro atoms. The highest BCUT2D eigenvalue weighted by atomic mass is 32.2. The highest BCUT2D eigenvalue weighted by molar-refractivity contribution is 7.92. The Bertz CT molecular complexity index is 1070. The zero-order valence-electron chi connectivity index (χ0n) is 15.9. The molecule has 4 rings (SSSR count). The van der Waals surface area contributed by atoms with Crippen molar-refractivity contribution in [3.05, 3.63) is 60.7 Å². The maximum Gasteiger partial charge on any atom is 0.261 e. The lowest BCUT2D eigenvalue weighted by Gasteiger charge is -2.28. The first-order valence-electron chi connectivity index (χ1n) is 9.51. The molecule has 1 aliphatic heterocycles. The van der Waals surface area contributed by atoms with Crippen LogP contribution in [0.1, 0.15) is 19.3 Å². The van der Waals surface area contributed by atoms with Gasteiger partial charge in [-0.25, -0.2) is 8.42 Å². The molecule has 0 bridgehead atoms. The van der Waals surface area contributed by atoms with Gasteiger partial charge in [-0.15, -0.1) is 0 Å². The molecule has 1 aliphatic rings. The average molecular weight is 397 g/mol. The van der Waals surface area contributed by atoms with Gasteiger partial charge in [0.25, 0.3) is 10.0 Å². The number of benzene rings is 3. The second kappa shape index (κ2) is 7.72. The van der Waals surface area contributed by atoms with Crippen molar-refractivity contribution in [3.63, 3.8) is 0 Å². The van der Waals surface area contributed by atoms with Crippen molar-refractivity contribution in [2.75, 3.05) is 29.8 Å². The lowest BCUT2D eigenvalue weighted by Crippen LogP contribution is -2.29. The van der Waals surface area contributed by atoms with Crippen LogP contribution < -0.4 is 14.4 Å². The topological polar surface area (TPSA) is 58.6 Å². The quantitative estimate of drug-likeness (QED) is 0.683. The Hall–Kier alpha value is -2.73. The number of anilines is 2. The van der Waals surface area contributed by atoms with E-state index in [-0.39, 0.29) is 4.90 Å². The van der Waals surface area contributed by atoms with Gasteiger partial charge >= 0.3 is 0 Å². The molecular formula is C22H24N2O3S. The maximum absolute atomic E-state index is 12.8. The molecular weight excluding hydrogens is 372 g/mol. The van der Waals surface area contributed by atoms with Gasteiger partial charge in [0, 0.05) is 24.5 Å². The van der Waals surface area contributed by atoms with Gasteiger partial charge in [-0.3, -0.25) is 4.72 Å². The van der Waals surface area contributed by atoms with Crippen LogP contribution in [-0.2, 0) is 10.0 Å². The molecule has 0 radical (unpaired) electrons. The first-order valence-corrected chi connectivity index (χ1v) is 11.0. The molecule has 0 atom stereocenters. The molecule has 28 heavy (non-hydrogen) atoms. The van der Waals surface area contributed by atoms with Gasteiger partial charge in [-0.05, 0) is 78.6 Å². The van der Waals surface area contributed by atoms with Crippen molar-refractivity contribution in [1.82, 2.24) is 0 Å². The average Bonchev–Trinajstić information content (AvgIpc) is 2.74. The summed E-state index contributed by atoms with van der Waals surface area (Å²) < 4.78 is 33.5. The summed E-state index contributed by atoms with van der Waals surface area (Å²) in [6, 6.07) is 18.3. The highest BCUT2D eigenvalue weighted by Gasteiger charge is 2.16. The molecule has 0 aromatic heterocycles. The first kappa shape index (κ1) is 18.6. The van der Waals surface area contributed by atoms with Gasteiger partial charge in [0.2, 0.25) is 0 Å². The standard InChI is InChI=1S/C22H24N2O3S/c1-27-21-11-5-18-16-22(12-6-17(18)15-21)28(25,26)23-19-7-9-20(10-8-19)24-13-3-2-4-14-24/h5-12,15-16,23H,2-4,13-14H2,1H3. The Labute approximate surface area is 166 Å². The van der Waals surface area contributed by atoms with Gasteiger partial charge in [-0.1, -0.05) is 12.1 Å². The Morgan fingerprint density at radius 3 is 2.25 bits per heavy atom. The summed E-state index contributed by atoms with van der Waals surface area (Å²) in [6.45, 7) is 2.12. The van der Waals surface area contributed by atoms with Crippen LogP contribution >= 0.6 is 0 Å². The molecule has 5 nitrogen and oxygen atoms in total. The number of rotatable bonds is 5. The summed E-state index contributed by atoms with van der Waals surface area (Å²) in [6.07, 6.45) is 3.71. The third-order valence-corrected chi connectivity index (χ3v) is 6.55. The van der Waals surface area contributed by atoms with Crippen molar-refractivity contribution >= 4 is 32.2 Å². The monoisotopic (exact) mass is 396 g/mol. The zero-order valence-corrected chi connectivity index (χ0v) is 16.7. The van der Waals surface area contributed by atoms with E-state index in [1.165, 1.54) is 19.3 Å². The predicted octanol–water partition coefficient (Wildman–Crippen LogP) is 4.64. The summed E-state index contributed by atoms with van der Waals surface area (Å²) in [4.78, 5) is 2.59. The number of piperidine rings is 1. The number of fused-ring (bicyclic) bond motifs is 1. The second-order valence-electron chi connectivity index (χ2n) is 7.07. The molecule has 6 heteroatoms. The van der Waals surface area contributed by atoms with Crippen LogP contribution in [0.5, 0.6) is 5.75 Å². The van der Waals surface area contributed by atoms with E-state index >= 15 is 0 Å². The molecule has 0 saturated carbocycles. The van der Waals surface area contributed by atoms with Crippen LogP contribution in [0.15, 0.2) is 65.6 Å². The fourth-order valence-corrected chi connectivity index (χ4v) is 4.70. The van der Waals surface area contributed by atoms with Crippen LogP contribution in [0.2, 0.25) is 0 Å². The lowest BCUT2D eigenvalue weighted by molar-refractivity contribution is 0.415. The number of sulfonamides is 1. The van der Waals surface area contributed by atoms with E-state index < -0.39 is 10.0 Å². The number of methoxy groups -OCH3 is 1. The van der Waals surface area contributed by atoms with Crippen LogP contribution in [-0.4, -0.2) is 28.6 Å². The van der Waals surface area contributed by atoms with E-state index in [1.54, 1.807) is 25.3 Å². The van der Waals surface area contributed by atoms with Crippen LogP contribution in [0, 0.1) is 0 Å². The minimum Gasteiger partial charge on any atom is -0.497 e. The van der Waals surface area contributed by atoms with Crippen LogP contribution in [0.25, 0.3) is 10.8 Å². The SMILES string of the molecule is COc1ccc2cc(S(=O)(=O)Nc3ccc(N4CCCCC4)cc3)ccc2c1. The smallest absolute Gasteiger partial charge is 0.261 e. The molecule has 0 amide bonds. The van der Waals surface area contributed by atoms with E-state index in [0.29, 0.717) is 5.69 Å². The molecule has 1 heterocycles. The maximum atomic E-state index is 12.8. The van der Waals surface area contributed by atoms with E-state index in [4.69, 9.17) is 4.74 Å². The van der Waals surface area contributed by atoms with Crippen molar-refractivity contribution in [1.29, 1.82) is 0 Å². The van der Waals surface area contributed by atoms with Crippen molar-refractivity contribution < 1.29 is 13.2 Å². The molecule has 1 fully saturated rings. The number of hydrogen-bond acceptors (Lipinski definition) is 4. The molecule has 0 unspecified atom stereocenters. The van der Waals surface area contributed by atoms with E-state index in [2.05, 4.69) is 9.62 Å². The lowest BCUT2D eigenvalue weighted by atomic mass is 10.1. The number of ether oxygens (including phenoxy) is 1. The minimum atomic E-state index is -3.65. The van der Waals surface area contributed by atoms with Gasteiger partial charge < -0.3 is 9.64 Å². The highest BCUT2D eigenvalue weighted by Crippen LogP contribution is 2.26. The van der Waals surface area contributed by atoms with Crippen molar-refractivity contribution in [2.45, 2.75) is 24.2 Å². The van der Waals surface area contributed by atoms with Gasteiger partial charge in [0.15, 0.2) is 0 Å². The number of hydrogen-bond donors (Lipinski definition) is 1. The van der Waals surface area contributed by atoms with E-state index in [0.717, 1.165) is 35.3 Å². The summed E-state index contributed by atoms with van der Waals surface area (Å²) in [5.74, 6) is 0.745. The fraction of sp³-hybridized carbons (Fsp3) is 0.273. The normalized spacial score (nSPS) is 14.8. The molecule has 1 N–H and O–H groups in total. The van der Waals surface area contributed by atoms with Gasteiger partial charge in [0.1, 0.15) is 5.75 Å². The fourth-order valence-electron chi connectivity index (χ4n) is 3.60. The van der Waals surface area contributed by atoms with Crippen molar-refractivity contribution in [3.8, 4) is 5.75 Å².